The Hall–Kier alpha value is -0.650. The van der Waals surface area contributed by atoms with Crippen LogP contribution in [-0.4, -0.2) is 48.1 Å². The molecule has 5 heteroatoms. The van der Waals surface area contributed by atoms with E-state index in [9.17, 15) is 4.79 Å². The van der Waals surface area contributed by atoms with E-state index in [1.807, 2.05) is 0 Å². The van der Waals surface area contributed by atoms with Crippen LogP contribution in [0.4, 0.5) is 0 Å². The highest BCUT2D eigenvalue weighted by Crippen LogP contribution is 2.06. The zero-order chi connectivity index (χ0) is 8.97. The average Bonchev–Trinajstić information content (AvgIpc) is 2.03. The van der Waals surface area contributed by atoms with Crippen molar-refractivity contribution >= 4 is 5.97 Å². The first-order valence-corrected chi connectivity index (χ1v) is 3.91. The van der Waals surface area contributed by atoms with Crippen LogP contribution in [0.3, 0.4) is 0 Å². The summed E-state index contributed by atoms with van der Waals surface area (Å²) >= 11 is 0. The molecule has 0 aromatic rings. The lowest BCUT2D eigenvalue weighted by molar-refractivity contribution is -0.143. The molecular weight excluding hydrogens is 162 g/mol. The minimum Gasteiger partial charge on any atom is -0.481 e. The SMILES string of the molecule is O=C(O)CC1CNCC(CO)O1. The van der Waals surface area contributed by atoms with Gasteiger partial charge in [-0.25, -0.2) is 0 Å². The number of carbonyl (C=O) groups is 1. The maximum atomic E-state index is 10.3. The van der Waals surface area contributed by atoms with Crippen molar-refractivity contribution in [3.8, 4) is 0 Å². The second-order valence-corrected chi connectivity index (χ2v) is 2.82. The Morgan fingerprint density at radius 2 is 2.17 bits per heavy atom. The van der Waals surface area contributed by atoms with Crippen LogP contribution in [-0.2, 0) is 9.53 Å². The third kappa shape index (κ3) is 2.77. The molecule has 0 saturated carbocycles. The number of aliphatic hydroxyl groups is 1. The monoisotopic (exact) mass is 175 g/mol. The Labute approximate surface area is 70.3 Å². The topological polar surface area (TPSA) is 78.8 Å². The van der Waals surface area contributed by atoms with Gasteiger partial charge < -0.3 is 20.3 Å². The van der Waals surface area contributed by atoms with Gasteiger partial charge >= 0.3 is 5.97 Å². The fourth-order valence-electron chi connectivity index (χ4n) is 1.20. The van der Waals surface area contributed by atoms with Gasteiger partial charge in [-0.3, -0.25) is 4.79 Å². The summed E-state index contributed by atoms with van der Waals surface area (Å²) in [6, 6.07) is 0. The molecule has 12 heavy (non-hydrogen) atoms. The molecular formula is C7H13NO4. The summed E-state index contributed by atoms with van der Waals surface area (Å²) in [7, 11) is 0. The third-order valence-corrected chi connectivity index (χ3v) is 1.73. The normalized spacial score (nSPS) is 30.1. The number of hydrogen-bond donors (Lipinski definition) is 3. The molecule has 1 rings (SSSR count). The van der Waals surface area contributed by atoms with Crippen molar-refractivity contribution in [1.29, 1.82) is 0 Å². The smallest absolute Gasteiger partial charge is 0.306 e. The number of ether oxygens (including phenoxy) is 1. The number of morpholine rings is 1. The van der Waals surface area contributed by atoms with E-state index in [0.29, 0.717) is 13.1 Å². The minimum atomic E-state index is -0.875. The Morgan fingerprint density at radius 1 is 1.50 bits per heavy atom. The fraction of sp³-hybridized carbons (Fsp3) is 0.857. The maximum absolute atomic E-state index is 10.3. The lowest BCUT2D eigenvalue weighted by Gasteiger charge is -2.28. The van der Waals surface area contributed by atoms with Crippen molar-refractivity contribution in [2.75, 3.05) is 19.7 Å². The second kappa shape index (κ2) is 4.39. The molecule has 1 saturated heterocycles. The summed E-state index contributed by atoms with van der Waals surface area (Å²) in [5.74, 6) is -0.875. The maximum Gasteiger partial charge on any atom is 0.306 e. The van der Waals surface area contributed by atoms with Crippen molar-refractivity contribution in [2.24, 2.45) is 0 Å². The molecule has 0 radical (unpaired) electrons. The van der Waals surface area contributed by atoms with E-state index in [0.717, 1.165) is 0 Å². The minimum absolute atomic E-state index is 0.0104. The first-order valence-electron chi connectivity index (χ1n) is 3.91. The van der Waals surface area contributed by atoms with Crippen LogP contribution < -0.4 is 5.32 Å². The van der Waals surface area contributed by atoms with E-state index >= 15 is 0 Å². The van der Waals surface area contributed by atoms with Crippen LogP contribution in [0.1, 0.15) is 6.42 Å². The molecule has 0 bridgehead atoms. The number of carboxylic acid groups (broad SMARTS) is 1. The van der Waals surface area contributed by atoms with E-state index in [-0.39, 0.29) is 25.2 Å². The molecule has 2 atom stereocenters. The number of hydrogen-bond acceptors (Lipinski definition) is 4. The standard InChI is InChI=1S/C7H13NO4/c9-4-6-3-8-2-5(12-6)1-7(10)11/h5-6,8-9H,1-4H2,(H,10,11). The molecule has 1 aliphatic rings. The molecule has 70 valence electrons. The van der Waals surface area contributed by atoms with Gasteiger partial charge in [0.1, 0.15) is 0 Å². The van der Waals surface area contributed by atoms with Gasteiger partial charge in [-0.1, -0.05) is 0 Å². The summed E-state index contributed by atoms with van der Waals surface area (Å²) in [5, 5.41) is 20.2. The predicted octanol–water partition coefficient (Wildman–Crippen LogP) is -1.19. The molecule has 3 N–H and O–H groups in total. The van der Waals surface area contributed by atoms with Crippen LogP contribution in [0, 0.1) is 0 Å². The van der Waals surface area contributed by atoms with Gasteiger partial charge in [0.05, 0.1) is 25.2 Å². The Morgan fingerprint density at radius 3 is 2.75 bits per heavy atom. The summed E-state index contributed by atoms with van der Waals surface area (Å²) < 4.78 is 5.25. The van der Waals surface area contributed by atoms with Gasteiger partial charge in [-0.05, 0) is 0 Å². The van der Waals surface area contributed by atoms with Crippen molar-refractivity contribution in [3.63, 3.8) is 0 Å². The number of rotatable bonds is 3. The van der Waals surface area contributed by atoms with Gasteiger partial charge in [0.2, 0.25) is 0 Å². The van der Waals surface area contributed by atoms with E-state index in [1.165, 1.54) is 0 Å². The Bertz CT molecular complexity index is 161. The number of aliphatic carboxylic acids is 1. The van der Waals surface area contributed by atoms with Crippen LogP contribution in [0.2, 0.25) is 0 Å². The van der Waals surface area contributed by atoms with Gasteiger partial charge in [0.25, 0.3) is 0 Å². The van der Waals surface area contributed by atoms with Crippen molar-refractivity contribution in [2.45, 2.75) is 18.6 Å². The summed E-state index contributed by atoms with van der Waals surface area (Å²) in [5.41, 5.74) is 0. The molecule has 0 amide bonds. The largest absolute Gasteiger partial charge is 0.481 e. The molecule has 0 aromatic carbocycles. The van der Waals surface area contributed by atoms with E-state index < -0.39 is 5.97 Å². The quantitative estimate of drug-likeness (QED) is 0.502. The van der Waals surface area contributed by atoms with Crippen LogP contribution in [0.5, 0.6) is 0 Å². The molecule has 5 nitrogen and oxygen atoms in total. The zero-order valence-corrected chi connectivity index (χ0v) is 6.69. The lowest BCUT2D eigenvalue weighted by Crippen LogP contribution is -2.46. The van der Waals surface area contributed by atoms with E-state index in [2.05, 4.69) is 5.32 Å². The highest BCUT2D eigenvalue weighted by molar-refractivity contribution is 5.67. The first kappa shape index (κ1) is 9.44. The Balaban J connectivity index is 2.30. The fourth-order valence-corrected chi connectivity index (χ4v) is 1.20. The van der Waals surface area contributed by atoms with E-state index in [1.54, 1.807) is 0 Å². The number of aliphatic hydroxyl groups excluding tert-OH is 1. The Kier molecular flexibility index (Phi) is 3.46. The molecule has 1 fully saturated rings. The summed E-state index contributed by atoms with van der Waals surface area (Å²) in [6.07, 6.45) is -0.583. The van der Waals surface area contributed by atoms with Crippen LogP contribution in [0.15, 0.2) is 0 Å². The molecule has 0 aromatic heterocycles. The summed E-state index contributed by atoms with van der Waals surface area (Å²) in [6.45, 7) is 1.07. The predicted molar refractivity (Wildman–Crippen MR) is 40.9 cm³/mol. The third-order valence-electron chi connectivity index (χ3n) is 1.73. The zero-order valence-electron chi connectivity index (χ0n) is 6.69. The highest BCUT2D eigenvalue weighted by atomic mass is 16.5. The van der Waals surface area contributed by atoms with Gasteiger partial charge in [-0.2, -0.15) is 0 Å². The van der Waals surface area contributed by atoms with Crippen molar-refractivity contribution < 1.29 is 19.7 Å². The highest BCUT2D eigenvalue weighted by Gasteiger charge is 2.22. The van der Waals surface area contributed by atoms with Crippen LogP contribution >= 0.6 is 0 Å². The van der Waals surface area contributed by atoms with Crippen molar-refractivity contribution in [3.05, 3.63) is 0 Å². The number of carboxylic acids is 1. The van der Waals surface area contributed by atoms with Gasteiger partial charge in [0.15, 0.2) is 0 Å². The van der Waals surface area contributed by atoms with Crippen LogP contribution in [0.25, 0.3) is 0 Å². The second-order valence-electron chi connectivity index (χ2n) is 2.82. The molecule has 2 unspecified atom stereocenters. The summed E-state index contributed by atoms with van der Waals surface area (Å²) in [4.78, 5) is 10.3. The van der Waals surface area contributed by atoms with Crippen molar-refractivity contribution in [1.82, 2.24) is 5.32 Å². The average molecular weight is 175 g/mol. The lowest BCUT2D eigenvalue weighted by atomic mass is 10.2. The molecule has 0 spiro atoms. The van der Waals surface area contributed by atoms with Gasteiger partial charge in [0, 0.05) is 13.1 Å². The first-order chi connectivity index (χ1) is 5.72. The molecule has 1 heterocycles. The number of nitrogens with one attached hydrogen (secondary N) is 1. The molecule has 1 aliphatic heterocycles. The van der Waals surface area contributed by atoms with Gasteiger partial charge in [-0.15, -0.1) is 0 Å². The van der Waals surface area contributed by atoms with E-state index in [4.69, 9.17) is 14.9 Å². The molecule has 0 aliphatic carbocycles.